The maximum absolute atomic E-state index is 16.0. The molecule has 0 spiro atoms. The standard InChI is InChI=1S/C64H66F8N4/c1-13-37-27-41(28-38(14-2)59(37)73-31-49-51(65)53(67)55(69)57(71)63(49)75-61-43(33(5)6)23-19-24-44(61)34(7)8)47-21-17-18-22-48(47)42-29-39(15-3)60(40(16-4)30-42)74-32-50-52(66)54(68)56(70)58(72)64(50)76-62-45(35(9)10)25-20-26-46(62)36(11)12/h17-36,75-76H,13-16H2,1-12H3. The van der Waals surface area contributed by atoms with Crippen LogP contribution in [0.4, 0.5) is 69.2 Å². The average Bonchev–Trinajstić information content (AvgIpc) is 3.41. The minimum Gasteiger partial charge on any atom is -0.352 e. The Morgan fingerprint density at radius 3 is 0.908 bits per heavy atom. The Kier molecular flexibility index (Phi) is 17.8. The van der Waals surface area contributed by atoms with E-state index in [1.807, 2.05) is 168 Å². The summed E-state index contributed by atoms with van der Waals surface area (Å²) in [4.78, 5) is 9.45. The zero-order chi connectivity index (χ0) is 55.4. The van der Waals surface area contributed by atoms with Crippen molar-refractivity contribution in [1.29, 1.82) is 0 Å². The molecule has 12 heteroatoms. The number of aryl methyl sites for hydroxylation is 4. The number of nitrogens with one attached hydrogen (secondary N) is 2. The predicted octanol–water partition coefficient (Wildman–Crippen LogP) is 19.9. The molecule has 0 fully saturated rings. The van der Waals surface area contributed by atoms with E-state index in [9.17, 15) is 0 Å². The predicted molar refractivity (Wildman–Crippen MR) is 298 cm³/mol. The Labute approximate surface area is 442 Å². The van der Waals surface area contributed by atoms with Crippen LogP contribution in [0.3, 0.4) is 0 Å². The van der Waals surface area contributed by atoms with Gasteiger partial charge in [-0.25, -0.2) is 35.1 Å². The third kappa shape index (κ3) is 11.1. The van der Waals surface area contributed by atoms with Crippen molar-refractivity contribution in [2.45, 2.75) is 132 Å². The van der Waals surface area contributed by atoms with Crippen molar-refractivity contribution in [2.24, 2.45) is 9.98 Å². The summed E-state index contributed by atoms with van der Waals surface area (Å²) in [6, 6.07) is 26.9. The van der Waals surface area contributed by atoms with Gasteiger partial charge < -0.3 is 10.6 Å². The fourth-order valence-electron chi connectivity index (χ4n) is 9.91. The fraction of sp³-hybridized carbons (Fsp3) is 0.312. The summed E-state index contributed by atoms with van der Waals surface area (Å²) in [5, 5.41) is 5.96. The minimum atomic E-state index is -1.94. The van der Waals surface area contributed by atoms with Crippen molar-refractivity contribution in [3.63, 3.8) is 0 Å². The van der Waals surface area contributed by atoms with Crippen LogP contribution in [-0.4, -0.2) is 12.4 Å². The van der Waals surface area contributed by atoms with Crippen molar-refractivity contribution < 1.29 is 35.1 Å². The van der Waals surface area contributed by atoms with Crippen molar-refractivity contribution in [1.82, 2.24) is 0 Å². The summed E-state index contributed by atoms with van der Waals surface area (Å²) in [5.74, 6) is -14.2. The number of halogens is 8. The van der Waals surface area contributed by atoms with Gasteiger partial charge >= 0.3 is 0 Å². The van der Waals surface area contributed by atoms with Gasteiger partial charge in [-0.2, -0.15) is 0 Å². The molecule has 0 radical (unpaired) electrons. The first kappa shape index (κ1) is 56.6. The lowest BCUT2D eigenvalue weighted by molar-refractivity contribution is 0.410. The first-order chi connectivity index (χ1) is 36.2. The third-order valence-electron chi connectivity index (χ3n) is 14.1. The number of hydrogen-bond donors (Lipinski definition) is 2. The molecule has 0 bridgehead atoms. The molecule has 7 aromatic rings. The van der Waals surface area contributed by atoms with Crippen LogP contribution >= 0.6 is 0 Å². The molecule has 398 valence electrons. The quantitative estimate of drug-likeness (QED) is 0.0389. The van der Waals surface area contributed by atoms with E-state index in [1.165, 1.54) is 0 Å². The maximum Gasteiger partial charge on any atom is 0.199 e. The smallest absolute Gasteiger partial charge is 0.199 e. The van der Waals surface area contributed by atoms with Gasteiger partial charge in [0.25, 0.3) is 0 Å². The molecule has 0 saturated carbocycles. The number of anilines is 4. The Morgan fingerprint density at radius 1 is 0.368 bits per heavy atom. The molecule has 0 aliphatic carbocycles. The van der Waals surface area contributed by atoms with Gasteiger partial charge in [-0.05, 0) is 140 Å². The van der Waals surface area contributed by atoms with Crippen molar-refractivity contribution in [3.05, 3.63) is 187 Å². The number of rotatable bonds is 18. The fourth-order valence-corrected chi connectivity index (χ4v) is 9.91. The van der Waals surface area contributed by atoms with Crippen LogP contribution < -0.4 is 10.6 Å². The van der Waals surface area contributed by atoms with Crippen molar-refractivity contribution in [3.8, 4) is 22.3 Å². The van der Waals surface area contributed by atoms with Gasteiger partial charge in [-0.3, -0.25) is 9.98 Å². The molecule has 4 nitrogen and oxygen atoms in total. The SMILES string of the molecule is CCc1cc(-c2ccccc2-c2cc(CC)c(N=Cc3c(F)c(F)c(F)c(F)c3Nc3c(C(C)C)cccc3C(C)C)c(CC)c2)cc(CC)c1N=Cc1c(F)c(F)c(F)c(F)c1Nc1c(C(C)C)cccc1C(C)C. The first-order valence-electron chi connectivity index (χ1n) is 26.2. The van der Waals surface area contributed by atoms with E-state index in [0.29, 0.717) is 48.4 Å². The zero-order valence-electron chi connectivity index (χ0n) is 45.3. The van der Waals surface area contributed by atoms with E-state index in [2.05, 4.69) is 10.6 Å². The molecule has 0 heterocycles. The molecule has 0 aliphatic rings. The molecule has 7 aromatic carbocycles. The molecule has 7 rings (SSSR count). The van der Waals surface area contributed by atoms with Crippen LogP contribution in [0.2, 0.25) is 0 Å². The monoisotopic (exact) mass is 1040 g/mol. The van der Waals surface area contributed by atoms with E-state index in [0.717, 1.165) is 79.2 Å². The molecule has 0 aromatic heterocycles. The van der Waals surface area contributed by atoms with Gasteiger partial charge in [0.2, 0.25) is 0 Å². The highest BCUT2D eigenvalue weighted by Crippen LogP contribution is 2.43. The summed E-state index contributed by atoms with van der Waals surface area (Å²) in [7, 11) is 0. The molecule has 0 saturated heterocycles. The molecule has 76 heavy (non-hydrogen) atoms. The molecule has 0 aliphatic heterocycles. The number of hydrogen-bond acceptors (Lipinski definition) is 4. The van der Waals surface area contributed by atoms with Crippen LogP contribution in [0.25, 0.3) is 22.3 Å². The Balaban J connectivity index is 1.31. The number of para-hydroxylation sites is 2. The van der Waals surface area contributed by atoms with E-state index < -0.39 is 69.0 Å². The summed E-state index contributed by atoms with van der Waals surface area (Å²) in [6.07, 6.45) is 4.02. The largest absolute Gasteiger partial charge is 0.352 e. The molecule has 0 atom stereocenters. The average molecular weight is 1040 g/mol. The zero-order valence-corrected chi connectivity index (χ0v) is 45.3. The van der Waals surface area contributed by atoms with Gasteiger partial charge in [-0.15, -0.1) is 0 Å². The number of nitrogens with zero attached hydrogens (tertiary/aromatic N) is 2. The van der Waals surface area contributed by atoms with E-state index in [-0.39, 0.29) is 23.7 Å². The number of aliphatic imine (C=N–C) groups is 2. The topological polar surface area (TPSA) is 48.8 Å². The highest BCUT2D eigenvalue weighted by molar-refractivity contribution is 5.95. The summed E-state index contributed by atoms with van der Waals surface area (Å²) in [6.45, 7) is 23.4. The van der Waals surface area contributed by atoms with Crippen LogP contribution in [0, 0.1) is 46.5 Å². The van der Waals surface area contributed by atoms with Crippen LogP contribution in [-0.2, 0) is 25.7 Å². The molecule has 2 N–H and O–H groups in total. The normalized spacial score (nSPS) is 12.0. The van der Waals surface area contributed by atoms with Crippen LogP contribution in [0.15, 0.2) is 94.9 Å². The first-order valence-corrected chi connectivity index (χ1v) is 26.2. The second kappa shape index (κ2) is 23.9. The van der Waals surface area contributed by atoms with Crippen molar-refractivity contribution in [2.75, 3.05) is 10.6 Å². The van der Waals surface area contributed by atoms with E-state index in [4.69, 9.17) is 9.98 Å². The second-order valence-corrected chi connectivity index (χ2v) is 20.3. The molecular weight excluding hydrogens is 977 g/mol. The Bertz CT molecular complexity index is 3050. The molecule has 0 amide bonds. The van der Waals surface area contributed by atoms with E-state index >= 15 is 35.1 Å². The highest BCUT2D eigenvalue weighted by Gasteiger charge is 2.29. The highest BCUT2D eigenvalue weighted by atomic mass is 19.2. The summed E-state index contributed by atoms with van der Waals surface area (Å²) in [5.41, 5.74) is 9.30. The minimum absolute atomic E-state index is 0.0441. The Hall–Kier alpha value is -7.08. The van der Waals surface area contributed by atoms with Gasteiger partial charge in [0.15, 0.2) is 46.5 Å². The van der Waals surface area contributed by atoms with Crippen LogP contribution in [0.5, 0.6) is 0 Å². The maximum atomic E-state index is 16.0. The third-order valence-corrected chi connectivity index (χ3v) is 14.1. The lowest BCUT2D eigenvalue weighted by atomic mass is 9.88. The summed E-state index contributed by atoms with van der Waals surface area (Å²) < 4.78 is 124. The lowest BCUT2D eigenvalue weighted by Crippen LogP contribution is -2.11. The van der Waals surface area contributed by atoms with Gasteiger partial charge in [0, 0.05) is 23.8 Å². The van der Waals surface area contributed by atoms with Gasteiger partial charge in [-0.1, -0.05) is 144 Å². The Morgan fingerprint density at radius 2 is 0.645 bits per heavy atom. The second-order valence-electron chi connectivity index (χ2n) is 20.3. The summed E-state index contributed by atoms with van der Waals surface area (Å²) >= 11 is 0. The molecular formula is C64H66F8N4. The van der Waals surface area contributed by atoms with E-state index in [1.54, 1.807) is 0 Å². The van der Waals surface area contributed by atoms with Gasteiger partial charge in [0.1, 0.15) is 0 Å². The number of benzene rings is 7. The van der Waals surface area contributed by atoms with Crippen molar-refractivity contribution >= 4 is 46.6 Å². The lowest BCUT2D eigenvalue weighted by Gasteiger charge is -2.22. The molecule has 0 unspecified atom stereocenters. The van der Waals surface area contributed by atoms with Gasteiger partial charge in [0.05, 0.1) is 33.9 Å². The van der Waals surface area contributed by atoms with Crippen LogP contribution in [0.1, 0.15) is 162 Å².